The van der Waals surface area contributed by atoms with Crippen molar-refractivity contribution < 1.29 is 4.74 Å². The van der Waals surface area contributed by atoms with Gasteiger partial charge >= 0.3 is 0 Å². The molecule has 23 heavy (non-hydrogen) atoms. The first-order valence-electron chi connectivity index (χ1n) is 8.46. The topological polar surface area (TPSA) is 48.1 Å². The Kier molecular flexibility index (Phi) is 3.95. The lowest BCUT2D eigenvalue weighted by Gasteiger charge is -2.32. The summed E-state index contributed by atoms with van der Waals surface area (Å²) in [4.78, 5) is 7.06. The normalized spacial score (nSPS) is 21.6. The third-order valence-corrected chi connectivity index (χ3v) is 4.84. The third-order valence-electron chi connectivity index (χ3n) is 4.84. The molecule has 1 saturated carbocycles. The molecule has 0 amide bonds. The number of ether oxygens (including phenoxy) is 1. The van der Waals surface area contributed by atoms with Crippen molar-refractivity contribution in [3.63, 3.8) is 0 Å². The first-order chi connectivity index (χ1) is 11.2. The summed E-state index contributed by atoms with van der Waals surface area (Å²) in [5, 5.41) is 4.27. The number of nitrogens with zero attached hydrogens (tertiary/aromatic N) is 5. The van der Waals surface area contributed by atoms with Crippen LogP contribution in [-0.4, -0.2) is 44.0 Å². The predicted octanol–water partition coefficient (Wildman–Crippen LogP) is 1.68. The highest BCUT2D eigenvalue weighted by Gasteiger charge is 2.30. The van der Waals surface area contributed by atoms with Crippen LogP contribution in [0.1, 0.15) is 35.7 Å². The van der Waals surface area contributed by atoms with Gasteiger partial charge in [0.1, 0.15) is 0 Å². The molecule has 124 valence electrons. The molecule has 0 spiro atoms. The van der Waals surface area contributed by atoms with Gasteiger partial charge in [-0.1, -0.05) is 0 Å². The van der Waals surface area contributed by atoms with Gasteiger partial charge in [-0.05, 0) is 18.8 Å². The monoisotopic (exact) mass is 315 g/mol. The summed E-state index contributed by atoms with van der Waals surface area (Å²) >= 11 is 0. The summed E-state index contributed by atoms with van der Waals surface area (Å²) in [5.74, 6) is 1.22. The van der Waals surface area contributed by atoms with E-state index in [0.29, 0.717) is 5.92 Å². The minimum Gasteiger partial charge on any atom is -0.380 e. The van der Waals surface area contributed by atoms with E-state index in [4.69, 9.17) is 4.74 Å². The van der Waals surface area contributed by atoms with E-state index in [9.17, 15) is 0 Å². The maximum atomic E-state index is 6.00. The van der Waals surface area contributed by atoms with Crippen molar-refractivity contribution >= 4 is 0 Å². The Morgan fingerprint density at radius 2 is 2.13 bits per heavy atom. The van der Waals surface area contributed by atoms with Gasteiger partial charge < -0.3 is 9.30 Å². The highest BCUT2D eigenvalue weighted by atomic mass is 16.5. The molecule has 0 aromatic carbocycles. The van der Waals surface area contributed by atoms with Crippen molar-refractivity contribution in [2.75, 3.05) is 19.8 Å². The van der Waals surface area contributed by atoms with Crippen molar-refractivity contribution in [1.29, 1.82) is 0 Å². The van der Waals surface area contributed by atoms with Gasteiger partial charge in [0.25, 0.3) is 0 Å². The van der Waals surface area contributed by atoms with E-state index >= 15 is 0 Å². The molecule has 2 aliphatic rings. The molecule has 0 bridgehead atoms. The van der Waals surface area contributed by atoms with Gasteiger partial charge in [0.2, 0.25) is 0 Å². The van der Waals surface area contributed by atoms with Crippen LogP contribution < -0.4 is 0 Å². The second-order valence-corrected chi connectivity index (χ2v) is 7.06. The van der Waals surface area contributed by atoms with Crippen molar-refractivity contribution in [2.45, 2.75) is 31.8 Å². The lowest BCUT2D eigenvalue weighted by Crippen LogP contribution is -2.36. The largest absolute Gasteiger partial charge is 0.380 e. The van der Waals surface area contributed by atoms with Gasteiger partial charge in [0.15, 0.2) is 0 Å². The second kappa shape index (κ2) is 6.09. The zero-order chi connectivity index (χ0) is 15.8. The van der Waals surface area contributed by atoms with Crippen LogP contribution in [0.2, 0.25) is 0 Å². The molecule has 3 heterocycles. The van der Waals surface area contributed by atoms with E-state index in [2.05, 4.69) is 32.8 Å². The van der Waals surface area contributed by atoms with E-state index in [0.717, 1.165) is 38.8 Å². The molecule has 0 unspecified atom stereocenters. The Morgan fingerprint density at radius 3 is 2.87 bits per heavy atom. The summed E-state index contributed by atoms with van der Waals surface area (Å²) in [6, 6.07) is 0. The molecule has 4 rings (SSSR count). The molecule has 0 N–H and O–H groups in total. The lowest BCUT2D eigenvalue weighted by atomic mass is 9.98. The Labute approximate surface area is 137 Å². The Morgan fingerprint density at radius 1 is 1.26 bits per heavy atom. The van der Waals surface area contributed by atoms with Crippen molar-refractivity contribution in [3.8, 4) is 0 Å². The van der Waals surface area contributed by atoms with Gasteiger partial charge in [-0.25, -0.2) is 4.98 Å². The average Bonchev–Trinajstić information content (AvgIpc) is 3.15. The van der Waals surface area contributed by atoms with Crippen LogP contribution in [0.4, 0.5) is 0 Å². The molecule has 6 heteroatoms. The zero-order valence-corrected chi connectivity index (χ0v) is 14.0. The highest BCUT2D eigenvalue weighted by molar-refractivity contribution is 5.22. The van der Waals surface area contributed by atoms with Crippen molar-refractivity contribution in [1.82, 2.24) is 24.2 Å². The fourth-order valence-electron chi connectivity index (χ4n) is 3.53. The molecule has 0 radical (unpaired) electrons. The first kappa shape index (κ1) is 14.9. The van der Waals surface area contributed by atoms with Crippen LogP contribution in [0.5, 0.6) is 0 Å². The van der Waals surface area contributed by atoms with E-state index in [1.807, 2.05) is 24.3 Å². The van der Waals surface area contributed by atoms with Crippen LogP contribution in [0.3, 0.4) is 0 Å². The lowest BCUT2D eigenvalue weighted by molar-refractivity contribution is 0.0867. The number of hydrogen-bond acceptors (Lipinski definition) is 4. The number of hydrogen-bond donors (Lipinski definition) is 0. The van der Waals surface area contributed by atoms with Crippen LogP contribution in [-0.2, 0) is 31.9 Å². The first-order valence-corrected chi connectivity index (χ1v) is 8.46. The number of aromatic nitrogens is 4. The average molecular weight is 315 g/mol. The Hall–Kier alpha value is -1.66. The zero-order valence-electron chi connectivity index (χ0n) is 14.0. The maximum absolute atomic E-state index is 6.00. The summed E-state index contributed by atoms with van der Waals surface area (Å²) in [5.41, 5.74) is 3.80. The van der Waals surface area contributed by atoms with E-state index < -0.39 is 0 Å². The van der Waals surface area contributed by atoms with Gasteiger partial charge in [0, 0.05) is 63.7 Å². The van der Waals surface area contributed by atoms with Crippen molar-refractivity contribution in [2.24, 2.45) is 20.0 Å². The van der Waals surface area contributed by atoms with Crippen molar-refractivity contribution in [3.05, 3.63) is 35.7 Å². The fourth-order valence-corrected chi connectivity index (χ4v) is 3.53. The van der Waals surface area contributed by atoms with Crippen LogP contribution in [0, 0.1) is 5.92 Å². The number of imidazole rings is 1. The maximum Gasteiger partial charge on any atom is 0.0949 e. The van der Waals surface area contributed by atoms with Gasteiger partial charge in [-0.15, -0.1) is 0 Å². The quantitative estimate of drug-likeness (QED) is 0.814. The third kappa shape index (κ3) is 3.33. The van der Waals surface area contributed by atoms with Gasteiger partial charge in [-0.2, -0.15) is 5.10 Å². The molecule has 2 aromatic heterocycles. The second-order valence-electron chi connectivity index (χ2n) is 7.06. The predicted molar refractivity (Wildman–Crippen MR) is 86.8 cm³/mol. The Balaban J connectivity index is 1.45. The molecule has 6 nitrogen and oxygen atoms in total. The standard InChI is InChI=1S/C17H25N5O/c1-20-12-18-16-9-22(7-14-5-19-21(2)6-14)8-15(17(16)20)11-23-10-13-3-4-13/h5-6,12-13,15H,3-4,7-11H2,1-2H3/t15-/m0/s1. The molecule has 1 atom stereocenters. The summed E-state index contributed by atoms with van der Waals surface area (Å²) in [6.07, 6.45) is 8.66. The van der Waals surface area contributed by atoms with Crippen LogP contribution >= 0.6 is 0 Å². The van der Waals surface area contributed by atoms with E-state index in [1.54, 1.807) is 0 Å². The summed E-state index contributed by atoms with van der Waals surface area (Å²) in [7, 11) is 4.06. The molecule has 2 aromatic rings. The minimum absolute atomic E-state index is 0.404. The molecule has 1 aliphatic carbocycles. The molecule has 1 aliphatic heterocycles. The Bertz CT molecular complexity index is 672. The molecular weight excluding hydrogens is 290 g/mol. The number of aryl methyl sites for hydroxylation is 2. The van der Waals surface area contributed by atoms with Gasteiger partial charge in [0.05, 0.1) is 24.8 Å². The summed E-state index contributed by atoms with van der Waals surface area (Å²) < 4.78 is 10.0. The molecular formula is C17H25N5O. The smallest absolute Gasteiger partial charge is 0.0949 e. The van der Waals surface area contributed by atoms with E-state index in [-0.39, 0.29) is 0 Å². The molecule has 1 fully saturated rings. The number of rotatable bonds is 6. The van der Waals surface area contributed by atoms with Crippen LogP contribution in [0.25, 0.3) is 0 Å². The summed E-state index contributed by atoms with van der Waals surface area (Å²) in [6.45, 7) is 4.57. The minimum atomic E-state index is 0.404. The molecule has 0 saturated heterocycles. The van der Waals surface area contributed by atoms with Gasteiger partial charge in [-0.3, -0.25) is 9.58 Å². The van der Waals surface area contributed by atoms with Crippen LogP contribution in [0.15, 0.2) is 18.7 Å². The fraction of sp³-hybridized carbons (Fsp3) is 0.647. The number of fused-ring (bicyclic) bond motifs is 1. The van der Waals surface area contributed by atoms with E-state index in [1.165, 1.54) is 29.8 Å². The SMILES string of the molecule is Cn1cc(CN2Cc3ncn(C)c3[C@H](COCC3CC3)C2)cn1. The highest BCUT2D eigenvalue weighted by Crippen LogP contribution is 2.31.